The third-order valence-corrected chi connectivity index (χ3v) is 5.61. The quantitative estimate of drug-likeness (QED) is 0.620. The van der Waals surface area contributed by atoms with Crippen LogP contribution >= 0.6 is 0 Å². The number of pyridine rings is 1. The molecule has 1 fully saturated rings. The fraction of sp³-hybridized carbons (Fsp3) is 0.333. The van der Waals surface area contributed by atoms with Crippen molar-refractivity contribution in [3.8, 4) is 5.75 Å². The van der Waals surface area contributed by atoms with Crippen LogP contribution in [0, 0.1) is 6.92 Å². The third kappa shape index (κ3) is 4.99. The van der Waals surface area contributed by atoms with Crippen molar-refractivity contribution in [2.45, 2.75) is 38.6 Å². The first-order chi connectivity index (χ1) is 15.1. The lowest BCUT2D eigenvalue weighted by molar-refractivity contribution is -0.132. The van der Waals surface area contributed by atoms with Gasteiger partial charge in [-0.2, -0.15) is 0 Å². The van der Waals surface area contributed by atoms with Crippen LogP contribution in [0.5, 0.6) is 5.75 Å². The van der Waals surface area contributed by atoms with Crippen LogP contribution < -0.4 is 10.1 Å². The summed E-state index contributed by atoms with van der Waals surface area (Å²) in [7, 11) is 1.65. The summed E-state index contributed by atoms with van der Waals surface area (Å²) >= 11 is 0. The molecule has 1 amide bonds. The summed E-state index contributed by atoms with van der Waals surface area (Å²) in [6.45, 7) is 2.75. The van der Waals surface area contributed by atoms with Gasteiger partial charge < -0.3 is 15.0 Å². The van der Waals surface area contributed by atoms with Gasteiger partial charge in [0.2, 0.25) is 5.91 Å². The number of aryl methyl sites for hydroxylation is 2. The van der Waals surface area contributed by atoms with Crippen LogP contribution in [0.15, 0.2) is 55.0 Å². The first-order valence-electron chi connectivity index (χ1n) is 10.6. The van der Waals surface area contributed by atoms with E-state index in [2.05, 4.69) is 15.3 Å². The number of hydrogen-bond donors (Lipinski definition) is 1. The van der Waals surface area contributed by atoms with E-state index in [1.165, 1.54) is 0 Å². The molecule has 0 saturated carbocycles. The second-order valence-corrected chi connectivity index (χ2v) is 7.72. The van der Waals surface area contributed by atoms with Gasteiger partial charge in [0.25, 0.3) is 0 Å². The standard InChI is InChI=1S/C24H27N5O2/c1-17-5-3-13-26-24(17)28-22-16-25-15-20(27-22)21-6-4-14-29(21)23(30)12-9-18-7-10-19(31-2)11-8-18/h3,5,7-8,10-11,13,15-16,21H,4,6,9,12,14H2,1-2H3,(H,26,27,28)/t21-/m0/s1. The molecular weight excluding hydrogens is 390 g/mol. The molecule has 0 aliphatic carbocycles. The topological polar surface area (TPSA) is 80.2 Å². The number of hydrogen-bond acceptors (Lipinski definition) is 6. The third-order valence-electron chi connectivity index (χ3n) is 5.61. The number of amides is 1. The maximum atomic E-state index is 13.0. The zero-order chi connectivity index (χ0) is 21.6. The van der Waals surface area contributed by atoms with Crippen LogP contribution in [0.3, 0.4) is 0 Å². The number of ether oxygens (including phenoxy) is 1. The van der Waals surface area contributed by atoms with E-state index in [9.17, 15) is 4.79 Å². The Morgan fingerprint density at radius 2 is 2.06 bits per heavy atom. The van der Waals surface area contributed by atoms with Gasteiger partial charge >= 0.3 is 0 Å². The molecule has 0 radical (unpaired) electrons. The predicted octanol–water partition coefficient (Wildman–Crippen LogP) is 4.23. The van der Waals surface area contributed by atoms with Gasteiger partial charge in [-0.15, -0.1) is 0 Å². The average Bonchev–Trinajstić information content (AvgIpc) is 3.30. The summed E-state index contributed by atoms with van der Waals surface area (Å²) in [5, 5.41) is 3.24. The van der Waals surface area contributed by atoms with Gasteiger partial charge in [-0.25, -0.2) is 9.97 Å². The van der Waals surface area contributed by atoms with Crippen LogP contribution in [-0.4, -0.2) is 39.4 Å². The molecule has 7 nitrogen and oxygen atoms in total. The molecule has 3 heterocycles. The number of carbonyl (C=O) groups is 1. The highest BCUT2D eigenvalue weighted by Crippen LogP contribution is 2.32. The van der Waals surface area contributed by atoms with Crippen molar-refractivity contribution in [3.05, 3.63) is 71.8 Å². The zero-order valence-electron chi connectivity index (χ0n) is 17.9. The first-order valence-corrected chi connectivity index (χ1v) is 10.6. The molecule has 7 heteroatoms. The summed E-state index contributed by atoms with van der Waals surface area (Å²) in [4.78, 5) is 28.4. The van der Waals surface area contributed by atoms with Crippen molar-refractivity contribution in [2.75, 3.05) is 19.0 Å². The van der Waals surface area contributed by atoms with Gasteiger partial charge in [-0.1, -0.05) is 18.2 Å². The van der Waals surface area contributed by atoms with Gasteiger partial charge in [0.1, 0.15) is 17.4 Å². The lowest BCUT2D eigenvalue weighted by Crippen LogP contribution is -2.31. The summed E-state index contributed by atoms with van der Waals surface area (Å²) in [5.41, 5.74) is 2.97. The highest BCUT2D eigenvalue weighted by Gasteiger charge is 2.31. The molecule has 1 aromatic carbocycles. The van der Waals surface area contributed by atoms with Crippen molar-refractivity contribution >= 4 is 17.5 Å². The minimum Gasteiger partial charge on any atom is -0.497 e. The number of anilines is 2. The molecule has 0 bridgehead atoms. The minimum absolute atomic E-state index is 0.0394. The smallest absolute Gasteiger partial charge is 0.223 e. The largest absolute Gasteiger partial charge is 0.497 e. The molecule has 2 aromatic heterocycles. The SMILES string of the molecule is COc1ccc(CCC(=O)N2CCC[C@H]2c2cncc(Nc3ncccc3C)n2)cc1. The fourth-order valence-corrected chi connectivity index (χ4v) is 3.90. The Morgan fingerprint density at radius 1 is 1.23 bits per heavy atom. The molecule has 31 heavy (non-hydrogen) atoms. The second-order valence-electron chi connectivity index (χ2n) is 7.72. The molecule has 0 unspecified atom stereocenters. The number of likely N-dealkylation sites (tertiary alicyclic amines) is 1. The Balaban J connectivity index is 1.42. The van der Waals surface area contributed by atoms with Gasteiger partial charge in [0.15, 0.2) is 0 Å². The average molecular weight is 418 g/mol. The number of nitrogens with one attached hydrogen (secondary N) is 1. The van der Waals surface area contributed by atoms with Gasteiger partial charge in [0.05, 0.1) is 31.2 Å². The number of nitrogens with zero attached hydrogens (tertiary/aromatic N) is 4. The van der Waals surface area contributed by atoms with Crippen molar-refractivity contribution in [1.82, 2.24) is 19.9 Å². The van der Waals surface area contributed by atoms with E-state index in [0.29, 0.717) is 18.7 Å². The van der Waals surface area contributed by atoms with Gasteiger partial charge in [0, 0.05) is 19.2 Å². The molecule has 4 rings (SSSR count). The predicted molar refractivity (Wildman–Crippen MR) is 119 cm³/mol. The Morgan fingerprint density at radius 3 is 2.84 bits per heavy atom. The lowest BCUT2D eigenvalue weighted by atomic mass is 10.1. The van der Waals surface area contributed by atoms with Gasteiger partial charge in [-0.05, 0) is 55.5 Å². The molecular formula is C24H27N5O2. The van der Waals surface area contributed by atoms with Crippen molar-refractivity contribution < 1.29 is 9.53 Å². The Labute approximate surface area is 182 Å². The van der Waals surface area contributed by atoms with Crippen molar-refractivity contribution in [1.29, 1.82) is 0 Å². The Bertz CT molecular complexity index is 1040. The Hall–Kier alpha value is -3.48. The van der Waals surface area contributed by atoms with Crippen LogP contribution in [0.1, 0.15) is 42.1 Å². The van der Waals surface area contributed by atoms with E-state index in [4.69, 9.17) is 9.72 Å². The van der Waals surface area contributed by atoms with Crippen molar-refractivity contribution in [2.24, 2.45) is 0 Å². The molecule has 1 atom stereocenters. The number of rotatable bonds is 7. The molecule has 1 aliphatic rings. The van der Waals surface area contributed by atoms with Gasteiger partial charge in [-0.3, -0.25) is 9.78 Å². The summed E-state index contributed by atoms with van der Waals surface area (Å²) in [6, 6.07) is 11.7. The highest BCUT2D eigenvalue weighted by atomic mass is 16.5. The summed E-state index contributed by atoms with van der Waals surface area (Å²) in [6.07, 6.45) is 8.23. The summed E-state index contributed by atoms with van der Waals surface area (Å²) < 4.78 is 5.20. The lowest BCUT2D eigenvalue weighted by Gasteiger charge is -2.24. The second kappa shape index (κ2) is 9.55. The fourth-order valence-electron chi connectivity index (χ4n) is 3.90. The maximum absolute atomic E-state index is 13.0. The Kier molecular flexibility index (Phi) is 6.40. The highest BCUT2D eigenvalue weighted by molar-refractivity contribution is 5.77. The van der Waals surface area contributed by atoms with E-state index >= 15 is 0 Å². The van der Waals surface area contributed by atoms with Crippen LogP contribution in [0.25, 0.3) is 0 Å². The summed E-state index contributed by atoms with van der Waals surface area (Å²) in [5.74, 6) is 2.37. The monoisotopic (exact) mass is 417 g/mol. The van der Waals surface area contributed by atoms with Crippen LogP contribution in [-0.2, 0) is 11.2 Å². The number of carbonyl (C=O) groups excluding carboxylic acids is 1. The van der Waals surface area contributed by atoms with Crippen LogP contribution in [0.2, 0.25) is 0 Å². The van der Waals surface area contributed by atoms with E-state index in [-0.39, 0.29) is 11.9 Å². The van der Waals surface area contributed by atoms with Crippen molar-refractivity contribution in [3.63, 3.8) is 0 Å². The van der Waals surface area contributed by atoms with E-state index < -0.39 is 0 Å². The minimum atomic E-state index is -0.0394. The zero-order valence-corrected chi connectivity index (χ0v) is 17.9. The van der Waals surface area contributed by atoms with Crippen LogP contribution in [0.4, 0.5) is 11.6 Å². The molecule has 3 aromatic rings. The van der Waals surface area contributed by atoms with E-state index in [0.717, 1.165) is 47.8 Å². The maximum Gasteiger partial charge on any atom is 0.223 e. The number of methoxy groups -OCH3 is 1. The molecule has 0 spiro atoms. The first kappa shape index (κ1) is 20.8. The molecule has 160 valence electrons. The molecule has 1 saturated heterocycles. The molecule has 1 N–H and O–H groups in total. The number of aromatic nitrogens is 3. The van der Waals surface area contributed by atoms with E-state index in [1.807, 2.05) is 48.2 Å². The molecule has 1 aliphatic heterocycles. The van der Waals surface area contributed by atoms with E-state index in [1.54, 1.807) is 25.7 Å². The normalized spacial score (nSPS) is 15.7. The number of benzene rings is 1.